The summed E-state index contributed by atoms with van der Waals surface area (Å²) >= 11 is 6.14. The minimum absolute atomic E-state index is 0.217. The monoisotopic (exact) mass is 331 g/mol. The molecule has 120 valence electrons. The first kappa shape index (κ1) is 16.9. The van der Waals surface area contributed by atoms with Gasteiger partial charge in [0.25, 0.3) is 0 Å². The zero-order chi connectivity index (χ0) is 16.8. The molecule has 2 rings (SSSR count). The maximum Gasteiger partial charge on any atom is 0.248 e. The number of amides is 1. The van der Waals surface area contributed by atoms with Crippen LogP contribution in [-0.4, -0.2) is 20.1 Å². The van der Waals surface area contributed by atoms with Crippen molar-refractivity contribution in [1.82, 2.24) is 0 Å². The lowest BCUT2D eigenvalue weighted by molar-refractivity contribution is -0.111. The van der Waals surface area contributed by atoms with Crippen LogP contribution in [0.15, 0.2) is 42.5 Å². The molecule has 2 aromatic rings. The Labute approximate surface area is 140 Å². The number of rotatable bonds is 5. The Balaban J connectivity index is 2.15. The van der Waals surface area contributed by atoms with Gasteiger partial charge in [-0.25, -0.2) is 0 Å². The normalized spacial score (nSPS) is 10.6. The van der Waals surface area contributed by atoms with Gasteiger partial charge in [0.15, 0.2) is 11.5 Å². The molecule has 0 radical (unpaired) electrons. The number of carbonyl (C=O) groups is 1. The molecule has 0 aliphatic rings. The van der Waals surface area contributed by atoms with Gasteiger partial charge in [0.1, 0.15) is 0 Å². The first-order valence-corrected chi connectivity index (χ1v) is 7.39. The number of methoxy groups -OCH3 is 2. The van der Waals surface area contributed by atoms with Crippen molar-refractivity contribution in [2.45, 2.75) is 6.92 Å². The predicted molar refractivity (Wildman–Crippen MR) is 93.4 cm³/mol. The van der Waals surface area contributed by atoms with Gasteiger partial charge in [-0.1, -0.05) is 29.8 Å². The van der Waals surface area contributed by atoms with E-state index in [2.05, 4.69) is 5.32 Å². The summed E-state index contributed by atoms with van der Waals surface area (Å²) < 4.78 is 10.4. The van der Waals surface area contributed by atoms with Gasteiger partial charge in [0.05, 0.1) is 19.2 Å². The Hall–Kier alpha value is -2.46. The number of ether oxygens (including phenoxy) is 2. The van der Waals surface area contributed by atoms with E-state index in [4.69, 9.17) is 21.1 Å². The van der Waals surface area contributed by atoms with Gasteiger partial charge in [-0.2, -0.15) is 0 Å². The lowest BCUT2D eigenvalue weighted by Gasteiger charge is -2.10. The second-order valence-corrected chi connectivity index (χ2v) is 5.28. The zero-order valence-electron chi connectivity index (χ0n) is 13.2. The van der Waals surface area contributed by atoms with Crippen LogP contribution in [0.4, 0.5) is 5.69 Å². The number of aryl methyl sites for hydroxylation is 1. The van der Waals surface area contributed by atoms with Gasteiger partial charge in [-0.05, 0) is 42.3 Å². The molecule has 0 saturated carbocycles. The fraction of sp³-hybridized carbons (Fsp3) is 0.167. The van der Waals surface area contributed by atoms with Crippen LogP contribution in [-0.2, 0) is 4.79 Å². The van der Waals surface area contributed by atoms with E-state index < -0.39 is 0 Å². The van der Waals surface area contributed by atoms with Crippen LogP contribution in [0.25, 0.3) is 6.08 Å². The molecule has 0 unspecified atom stereocenters. The fourth-order valence-corrected chi connectivity index (χ4v) is 2.39. The topological polar surface area (TPSA) is 47.6 Å². The van der Waals surface area contributed by atoms with Crippen molar-refractivity contribution in [3.8, 4) is 11.5 Å². The van der Waals surface area contributed by atoms with Crippen molar-refractivity contribution in [3.63, 3.8) is 0 Å². The molecule has 0 aliphatic carbocycles. The summed E-state index contributed by atoms with van der Waals surface area (Å²) in [6.45, 7) is 1.94. The smallest absolute Gasteiger partial charge is 0.248 e. The molecule has 0 heterocycles. The van der Waals surface area contributed by atoms with Crippen molar-refractivity contribution < 1.29 is 14.3 Å². The highest BCUT2D eigenvalue weighted by atomic mass is 35.5. The van der Waals surface area contributed by atoms with Crippen molar-refractivity contribution in [2.75, 3.05) is 19.5 Å². The summed E-state index contributed by atoms with van der Waals surface area (Å²) in [5, 5.41) is 3.25. The fourth-order valence-electron chi connectivity index (χ4n) is 2.09. The first-order valence-electron chi connectivity index (χ1n) is 7.01. The van der Waals surface area contributed by atoms with E-state index in [1.807, 2.05) is 31.2 Å². The van der Waals surface area contributed by atoms with E-state index in [1.165, 1.54) is 20.3 Å². The third-order valence-electron chi connectivity index (χ3n) is 3.29. The number of nitrogens with one attached hydrogen (secondary N) is 1. The number of halogens is 1. The second kappa shape index (κ2) is 7.70. The second-order valence-electron chi connectivity index (χ2n) is 4.88. The van der Waals surface area contributed by atoms with E-state index in [0.717, 1.165) is 16.8 Å². The van der Waals surface area contributed by atoms with E-state index in [0.29, 0.717) is 16.5 Å². The number of anilines is 1. The van der Waals surface area contributed by atoms with Crippen LogP contribution in [0, 0.1) is 6.92 Å². The molecule has 1 amide bonds. The van der Waals surface area contributed by atoms with Gasteiger partial charge in [0, 0.05) is 11.8 Å². The minimum Gasteiger partial charge on any atom is -0.493 e. The van der Waals surface area contributed by atoms with Crippen LogP contribution >= 0.6 is 11.6 Å². The first-order chi connectivity index (χ1) is 11.0. The summed E-state index contributed by atoms with van der Waals surface area (Å²) in [6, 6.07) is 11.1. The number of hydrogen-bond donors (Lipinski definition) is 1. The molecule has 0 aromatic heterocycles. The van der Waals surface area contributed by atoms with Gasteiger partial charge in [0.2, 0.25) is 5.91 Å². The largest absolute Gasteiger partial charge is 0.493 e. The average Bonchev–Trinajstić information content (AvgIpc) is 2.54. The summed E-state index contributed by atoms with van der Waals surface area (Å²) in [4.78, 5) is 12.0. The van der Waals surface area contributed by atoms with Gasteiger partial charge < -0.3 is 14.8 Å². The molecule has 23 heavy (non-hydrogen) atoms. The SMILES string of the molecule is COc1cc(/C=C/C(=O)Nc2ccccc2C)cc(Cl)c1OC. The third-order valence-corrected chi connectivity index (χ3v) is 3.57. The summed E-state index contributed by atoms with van der Waals surface area (Å²) in [7, 11) is 3.06. The average molecular weight is 332 g/mol. The molecule has 0 spiro atoms. The van der Waals surface area contributed by atoms with E-state index in [9.17, 15) is 4.79 Å². The highest BCUT2D eigenvalue weighted by molar-refractivity contribution is 6.32. The Morgan fingerprint density at radius 2 is 1.91 bits per heavy atom. The highest BCUT2D eigenvalue weighted by Gasteiger charge is 2.10. The Bertz CT molecular complexity index is 741. The third kappa shape index (κ3) is 4.27. The van der Waals surface area contributed by atoms with Crippen LogP contribution < -0.4 is 14.8 Å². The molecular weight excluding hydrogens is 314 g/mol. The molecule has 0 atom stereocenters. The van der Waals surface area contributed by atoms with E-state index >= 15 is 0 Å². The zero-order valence-corrected chi connectivity index (χ0v) is 14.0. The number of carbonyl (C=O) groups excluding carboxylic acids is 1. The molecule has 2 aromatic carbocycles. The molecule has 4 nitrogen and oxygen atoms in total. The maximum absolute atomic E-state index is 12.0. The molecule has 1 N–H and O–H groups in total. The number of para-hydroxylation sites is 1. The predicted octanol–water partition coefficient (Wildman–Crippen LogP) is 4.32. The van der Waals surface area contributed by atoms with E-state index in [1.54, 1.807) is 18.2 Å². The van der Waals surface area contributed by atoms with Crippen molar-refractivity contribution in [1.29, 1.82) is 0 Å². The van der Waals surface area contributed by atoms with Crippen LogP contribution in [0.2, 0.25) is 5.02 Å². The molecule has 0 fully saturated rings. The minimum atomic E-state index is -0.217. The number of hydrogen-bond acceptors (Lipinski definition) is 3. The molecule has 5 heteroatoms. The van der Waals surface area contributed by atoms with Crippen LogP contribution in [0.3, 0.4) is 0 Å². The van der Waals surface area contributed by atoms with E-state index in [-0.39, 0.29) is 5.91 Å². The summed E-state index contributed by atoms with van der Waals surface area (Å²) in [5.41, 5.74) is 2.53. The number of benzene rings is 2. The lowest BCUT2D eigenvalue weighted by atomic mass is 10.1. The maximum atomic E-state index is 12.0. The van der Waals surface area contributed by atoms with Crippen molar-refractivity contribution >= 4 is 29.3 Å². The summed E-state index contributed by atoms with van der Waals surface area (Å²) in [5.74, 6) is 0.764. The van der Waals surface area contributed by atoms with Gasteiger partial charge >= 0.3 is 0 Å². The highest BCUT2D eigenvalue weighted by Crippen LogP contribution is 2.36. The molecule has 0 bridgehead atoms. The van der Waals surface area contributed by atoms with Crippen LogP contribution in [0.5, 0.6) is 11.5 Å². The van der Waals surface area contributed by atoms with Crippen molar-refractivity contribution in [2.24, 2.45) is 0 Å². The molecule has 0 aliphatic heterocycles. The van der Waals surface area contributed by atoms with Crippen LogP contribution in [0.1, 0.15) is 11.1 Å². The molecule has 0 saturated heterocycles. The quantitative estimate of drug-likeness (QED) is 0.830. The lowest BCUT2D eigenvalue weighted by Crippen LogP contribution is -2.08. The Morgan fingerprint density at radius 3 is 2.57 bits per heavy atom. The standard InChI is InChI=1S/C18H18ClNO3/c1-12-6-4-5-7-15(12)20-17(21)9-8-13-10-14(19)18(23-3)16(11-13)22-2/h4-11H,1-3H3,(H,20,21)/b9-8+. The van der Waals surface area contributed by atoms with Gasteiger partial charge in [-0.3, -0.25) is 4.79 Å². The van der Waals surface area contributed by atoms with Crippen molar-refractivity contribution in [3.05, 3.63) is 58.6 Å². The molecular formula is C18H18ClNO3. The summed E-state index contributed by atoms with van der Waals surface area (Å²) in [6.07, 6.45) is 3.12. The van der Waals surface area contributed by atoms with Gasteiger partial charge in [-0.15, -0.1) is 0 Å². The Kier molecular flexibility index (Phi) is 5.66. The Morgan fingerprint density at radius 1 is 1.17 bits per heavy atom.